The number of piperidine rings is 1. The number of para-hydroxylation sites is 1. The molecule has 3 aromatic rings. The molecule has 0 spiro atoms. The molecule has 3 amide bonds. The molecule has 0 saturated carbocycles. The van der Waals surface area contributed by atoms with Crippen molar-refractivity contribution in [3.05, 3.63) is 66.0 Å². The Morgan fingerprint density at radius 1 is 1.03 bits per heavy atom. The molecular formula is C21H17N5O3. The van der Waals surface area contributed by atoms with Gasteiger partial charge in [-0.2, -0.15) is 0 Å². The molecule has 2 aromatic carbocycles. The summed E-state index contributed by atoms with van der Waals surface area (Å²) in [7, 11) is 0. The molecule has 1 saturated heterocycles. The number of hydrogen-bond acceptors (Lipinski definition) is 5. The monoisotopic (exact) mass is 387 g/mol. The highest BCUT2D eigenvalue weighted by Crippen LogP contribution is 2.31. The van der Waals surface area contributed by atoms with Crippen molar-refractivity contribution in [3.8, 4) is 17.1 Å². The lowest BCUT2D eigenvalue weighted by Gasteiger charge is -2.29. The first-order chi connectivity index (χ1) is 14.1. The van der Waals surface area contributed by atoms with Crippen LogP contribution in [0.15, 0.2) is 54.9 Å². The van der Waals surface area contributed by atoms with Gasteiger partial charge in [-0.1, -0.05) is 24.3 Å². The van der Waals surface area contributed by atoms with Crippen LogP contribution in [0.5, 0.6) is 0 Å². The Labute approximate surface area is 166 Å². The molecule has 8 nitrogen and oxygen atoms in total. The lowest BCUT2D eigenvalue weighted by atomic mass is 10.0. The summed E-state index contributed by atoms with van der Waals surface area (Å²) in [6, 6.07) is 14.7. The molecule has 8 heteroatoms. The average Bonchev–Trinajstić information content (AvgIpc) is 3.34. The summed E-state index contributed by atoms with van der Waals surface area (Å²) in [5.41, 5.74) is 3.18. The molecule has 0 bridgehead atoms. The summed E-state index contributed by atoms with van der Waals surface area (Å²) >= 11 is 0. The van der Waals surface area contributed by atoms with E-state index >= 15 is 0 Å². The van der Waals surface area contributed by atoms with Crippen molar-refractivity contribution in [1.29, 1.82) is 0 Å². The minimum Gasteiger partial charge on any atom is -0.322 e. The highest BCUT2D eigenvalue weighted by molar-refractivity contribution is 6.05. The van der Waals surface area contributed by atoms with E-state index in [-0.39, 0.29) is 18.2 Å². The maximum absolute atomic E-state index is 12.8. The number of fused-ring (bicyclic) bond motifs is 1. The number of carbonyl (C=O) groups is 3. The Hall–Kier alpha value is -3.81. The van der Waals surface area contributed by atoms with E-state index in [2.05, 4.69) is 15.5 Å². The van der Waals surface area contributed by atoms with Gasteiger partial charge in [-0.15, -0.1) is 10.2 Å². The Balaban J connectivity index is 1.47. The SMILES string of the molecule is O=C1CCC(N2Cc3cc(-c4nncn4-c4ccccc4)ccc3C2=O)C(=O)N1. The zero-order valence-electron chi connectivity index (χ0n) is 15.4. The lowest BCUT2D eigenvalue weighted by molar-refractivity contribution is -0.136. The third-order valence-electron chi connectivity index (χ3n) is 5.36. The molecule has 0 radical (unpaired) electrons. The summed E-state index contributed by atoms with van der Waals surface area (Å²) in [4.78, 5) is 38.0. The van der Waals surface area contributed by atoms with Gasteiger partial charge in [0.05, 0.1) is 0 Å². The van der Waals surface area contributed by atoms with Crippen LogP contribution < -0.4 is 5.32 Å². The molecule has 29 heavy (non-hydrogen) atoms. The van der Waals surface area contributed by atoms with Crippen LogP contribution in [-0.4, -0.2) is 43.4 Å². The van der Waals surface area contributed by atoms with E-state index in [0.29, 0.717) is 24.4 Å². The van der Waals surface area contributed by atoms with Gasteiger partial charge in [0.15, 0.2) is 5.82 Å². The predicted octanol–water partition coefficient (Wildman–Crippen LogP) is 1.70. The van der Waals surface area contributed by atoms with Gasteiger partial charge >= 0.3 is 0 Å². The smallest absolute Gasteiger partial charge is 0.255 e. The van der Waals surface area contributed by atoms with Gasteiger partial charge in [0.25, 0.3) is 5.91 Å². The fourth-order valence-corrected chi connectivity index (χ4v) is 3.92. The van der Waals surface area contributed by atoms with E-state index in [1.165, 1.54) is 4.90 Å². The standard InChI is InChI=1S/C21H17N5O3/c27-18-9-8-17(20(28)23-18)25-11-14-10-13(6-7-16(14)21(25)29)19-24-22-12-26(19)15-4-2-1-3-5-15/h1-7,10,12,17H,8-9,11H2,(H,23,27,28). The number of benzene rings is 2. The van der Waals surface area contributed by atoms with Gasteiger partial charge in [-0.05, 0) is 36.2 Å². The largest absolute Gasteiger partial charge is 0.322 e. The van der Waals surface area contributed by atoms with Gasteiger partial charge in [-0.25, -0.2) is 0 Å². The normalized spacial score (nSPS) is 18.7. The molecule has 2 aliphatic rings. The zero-order valence-corrected chi connectivity index (χ0v) is 15.4. The first kappa shape index (κ1) is 17.3. The molecule has 1 unspecified atom stereocenters. The van der Waals surface area contributed by atoms with Crippen LogP contribution in [0.2, 0.25) is 0 Å². The second kappa shape index (κ2) is 6.66. The highest BCUT2D eigenvalue weighted by atomic mass is 16.2. The summed E-state index contributed by atoms with van der Waals surface area (Å²) in [5.74, 6) is -0.221. The van der Waals surface area contributed by atoms with Gasteiger partial charge < -0.3 is 4.90 Å². The van der Waals surface area contributed by atoms with Crippen molar-refractivity contribution in [1.82, 2.24) is 25.0 Å². The third kappa shape index (κ3) is 2.89. The van der Waals surface area contributed by atoms with E-state index in [1.54, 1.807) is 12.4 Å². The molecule has 1 atom stereocenters. The summed E-state index contributed by atoms with van der Waals surface area (Å²) < 4.78 is 1.89. The first-order valence-electron chi connectivity index (χ1n) is 9.35. The van der Waals surface area contributed by atoms with E-state index in [9.17, 15) is 14.4 Å². The minimum atomic E-state index is -0.621. The van der Waals surface area contributed by atoms with Crippen LogP contribution in [0.1, 0.15) is 28.8 Å². The molecule has 0 aliphatic carbocycles. The van der Waals surface area contributed by atoms with Gasteiger partial charge in [-0.3, -0.25) is 24.3 Å². The maximum Gasteiger partial charge on any atom is 0.255 e. The van der Waals surface area contributed by atoms with Crippen molar-refractivity contribution >= 4 is 17.7 Å². The Morgan fingerprint density at radius 3 is 2.66 bits per heavy atom. The highest BCUT2D eigenvalue weighted by Gasteiger charge is 2.39. The van der Waals surface area contributed by atoms with Crippen LogP contribution in [0, 0.1) is 0 Å². The molecular weight excluding hydrogens is 370 g/mol. The first-order valence-corrected chi connectivity index (χ1v) is 9.35. The van der Waals surface area contributed by atoms with Crippen molar-refractivity contribution in [2.45, 2.75) is 25.4 Å². The van der Waals surface area contributed by atoms with E-state index < -0.39 is 11.9 Å². The summed E-state index contributed by atoms with van der Waals surface area (Å²) in [5, 5.41) is 10.6. The fraction of sp³-hybridized carbons (Fsp3) is 0.190. The van der Waals surface area contributed by atoms with Crippen molar-refractivity contribution in [2.75, 3.05) is 0 Å². The Bertz CT molecular complexity index is 1140. The molecule has 1 fully saturated rings. The Kier molecular flexibility index (Phi) is 3.97. The molecule has 144 valence electrons. The number of nitrogens with zero attached hydrogens (tertiary/aromatic N) is 4. The third-order valence-corrected chi connectivity index (χ3v) is 5.36. The molecule has 1 N–H and O–H groups in total. The second-order valence-corrected chi connectivity index (χ2v) is 7.13. The number of hydrogen-bond donors (Lipinski definition) is 1. The predicted molar refractivity (Wildman–Crippen MR) is 103 cm³/mol. The average molecular weight is 387 g/mol. The second-order valence-electron chi connectivity index (χ2n) is 7.13. The van der Waals surface area contributed by atoms with Crippen LogP contribution in [0.3, 0.4) is 0 Å². The number of carbonyl (C=O) groups excluding carboxylic acids is 3. The maximum atomic E-state index is 12.8. The lowest BCUT2D eigenvalue weighted by Crippen LogP contribution is -2.52. The molecule has 3 heterocycles. The molecule has 5 rings (SSSR count). The van der Waals surface area contributed by atoms with E-state index in [1.807, 2.05) is 47.0 Å². The zero-order chi connectivity index (χ0) is 20.0. The van der Waals surface area contributed by atoms with E-state index in [4.69, 9.17) is 0 Å². The summed E-state index contributed by atoms with van der Waals surface area (Å²) in [6.45, 7) is 0.327. The van der Waals surface area contributed by atoms with Gasteiger partial charge in [0, 0.05) is 29.8 Å². The van der Waals surface area contributed by atoms with Crippen molar-refractivity contribution in [3.63, 3.8) is 0 Å². The molecule has 1 aromatic heterocycles. The van der Waals surface area contributed by atoms with Crippen molar-refractivity contribution < 1.29 is 14.4 Å². The topological polar surface area (TPSA) is 97.2 Å². The van der Waals surface area contributed by atoms with Crippen LogP contribution in [-0.2, 0) is 16.1 Å². The Morgan fingerprint density at radius 2 is 1.86 bits per heavy atom. The minimum absolute atomic E-state index is 0.189. The van der Waals surface area contributed by atoms with Gasteiger partial charge in [0.1, 0.15) is 12.4 Å². The van der Waals surface area contributed by atoms with Gasteiger partial charge in [0.2, 0.25) is 11.8 Å². The molecule has 2 aliphatic heterocycles. The van der Waals surface area contributed by atoms with Crippen LogP contribution in [0.25, 0.3) is 17.1 Å². The summed E-state index contributed by atoms with van der Waals surface area (Å²) in [6.07, 6.45) is 2.24. The number of amides is 3. The van der Waals surface area contributed by atoms with Crippen LogP contribution in [0.4, 0.5) is 0 Å². The van der Waals surface area contributed by atoms with Crippen molar-refractivity contribution in [2.24, 2.45) is 0 Å². The number of imide groups is 1. The fourth-order valence-electron chi connectivity index (χ4n) is 3.92. The van der Waals surface area contributed by atoms with E-state index in [0.717, 1.165) is 16.8 Å². The quantitative estimate of drug-likeness (QED) is 0.690. The number of nitrogens with one attached hydrogen (secondary N) is 1. The van der Waals surface area contributed by atoms with Crippen LogP contribution >= 0.6 is 0 Å². The number of rotatable bonds is 3. The number of aromatic nitrogens is 3.